The number of unbranched alkanes of at least 4 members (excludes halogenated alkanes) is 2. The van der Waals surface area contributed by atoms with Gasteiger partial charge in [0.1, 0.15) is 0 Å². The molecule has 1 heteroatoms. The van der Waals surface area contributed by atoms with E-state index in [-0.39, 0.29) is 0 Å². The van der Waals surface area contributed by atoms with E-state index in [1.165, 1.54) is 50.5 Å². The Bertz CT molecular complexity index is 303. The fraction of sp³-hybridized carbons (Fsp3) is 0.625. The van der Waals surface area contributed by atoms with Gasteiger partial charge in [0, 0.05) is 6.04 Å². The largest absolute Gasteiger partial charge is 0.317 e. The van der Waals surface area contributed by atoms with E-state index in [0.29, 0.717) is 0 Å². The molecule has 94 valence electrons. The zero-order chi connectivity index (χ0) is 11.9. The fourth-order valence-corrected chi connectivity index (χ4v) is 2.63. The van der Waals surface area contributed by atoms with Gasteiger partial charge < -0.3 is 5.32 Å². The molecule has 0 aliphatic heterocycles. The summed E-state index contributed by atoms with van der Waals surface area (Å²) in [6, 6.07) is 11.6. The minimum atomic E-state index is 0.798. The second-order valence-corrected chi connectivity index (χ2v) is 5.32. The van der Waals surface area contributed by atoms with Gasteiger partial charge in [0.2, 0.25) is 0 Å². The Balaban J connectivity index is 1.54. The van der Waals surface area contributed by atoms with Crippen LogP contribution in [0.4, 0.5) is 0 Å². The summed E-state index contributed by atoms with van der Waals surface area (Å²) in [7, 11) is 2.12. The maximum Gasteiger partial charge on any atom is 0.00923 e. The highest BCUT2D eigenvalue weighted by Gasteiger charge is 2.29. The molecule has 1 unspecified atom stereocenters. The summed E-state index contributed by atoms with van der Waals surface area (Å²) in [5, 5.41) is 3.47. The van der Waals surface area contributed by atoms with Gasteiger partial charge in [0.05, 0.1) is 0 Å². The number of hydrogen-bond donors (Lipinski definition) is 1. The van der Waals surface area contributed by atoms with Crippen LogP contribution < -0.4 is 5.32 Å². The van der Waals surface area contributed by atoms with Crippen LogP contribution in [0.2, 0.25) is 0 Å². The lowest BCUT2D eigenvalue weighted by Gasteiger charge is -2.14. The van der Waals surface area contributed by atoms with Crippen LogP contribution in [-0.2, 0) is 6.42 Å². The molecule has 1 aliphatic carbocycles. The first-order chi connectivity index (χ1) is 8.40. The van der Waals surface area contributed by atoms with Crippen LogP contribution in [0, 0.1) is 5.92 Å². The van der Waals surface area contributed by atoms with E-state index >= 15 is 0 Å². The molecule has 1 nitrogen and oxygen atoms in total. The molecule has 1 fully saturated rings. The average molecular weight is 231 g/mol. The van der Waals surface area contributed by atoms with Gasteiger partial charge in [-0.15, -0.1) is 0 Å². The maximum atomic E-state index is 3.47. The van der Waals surface area contributed by atoms with Crippen LogP contribution >= 0.6 is 0 Å². The Morgan fingerprint density at radius 2 is 1.88 bits per heavy atom. The molecule has 0 bridgehead atoms. The van der Waals surface area contributed by atoms with Crippen molar-refractivity contribution in [3.05, 3.63) is 35.9 Å². The van der Waals surface area contributed by atoms with Crippen LogP contribution in [0.15, 0.2) is 30.3 Å². The molecule has 1 N–H and O–H groups in total. The second kappa shape index (κ2) is 6.80. The molecule has 1 aromatic rings. The standard InChI is InChI=1S/C16H25N/c1-17-16(15-12-13-15)11-7-3-6-10-14-8-4-2-5-9-14/h2,4-5,8-9,15-17H,3,6-7,10-13H2,1H3. The van der Waals surface area contributed by atoms with Crippen molar-refractivity contribution in [2.45, 2.75) is 51.0 Å². The number of rotatable bonds is 8. The molecular weight excluding hydrogens is 206 g/mol. The van der Waals surface area contributed by atoms with E-state index in [0.717, 1.165) is 12.0 Å². The first kappa shape index (κ1) is 12.6. The SMILES string of the molecule is CNC(CCCCCc1ccccc1)C1CC1. The van der Waals surface area contributed by atoms with Gasteiger partial charge in [0.25, 0.3) is 0 Å². The van der Waals surface area contributed by atoms with Gasteiger partial charge in [-0.1, -0.05) is 43.2 Å². The molecular formula is C16H25N. The van der Waals surface area contributed by atoms with Crippen molar-refractivity contribution in [2.75, 3.05) is 7.05 Å². The summed E-state index contributed by atoms with van der Waals surface area (Å²) in [5.41, 5.74) is 1.49. The third kappa shape index (κ3) is 4.51. The third-order valence-corrected chi connectivity index (χ3v) is 3.89. The lowest BCUT2D eigenvalue weighted by Crippen LogP contribution is -2.27. The van der Waals surface area contributed by atoms with Gasteiger partial charge in [0.15, 0.2) is 0 Å². The minimum absolute atomic E-state index is 0.798. The van der Waals surface area contributed by atoms with Crippen LogP contribution in [0.1, 0.15) is 44.1 Å². The third-order valence-electron chi connectivity index (χ3n) is 3.89. The van der Waals surface area contributed by atoms with Gasteiger partial charge in [-0.2, -0.15) is 0 Å². The van der Waals surface area contributed by atoms with E-state index in [1.807, 2.05) is 0 Å². The van der Waals surface area contributed by atoms with E-state index in [9.17, 15) is 0 Å². The predicted molar refractivity (Wildman–Crippen MR) is 74.2 cm³/mol. The normalized spacial score (nSPS) is 17.0. The van der Waals surface area contributed by atoms with Crippen LogP contribution in [0.3, 0.4) is 0 Å². The van der Waals surface area contributed by atoms with Crippen molar-refractivity contribution in [1.82, 2.24) is 5.32 Å². The van der Waals surface area contributed by atoms with Crippen LogP contribution in [0.5, 0.6) is 0 Å². The van der Waals surface area contributed by atoms with Crippen molar-refractivity contribution >= 4 is 0 Å². The van der Waals surface area contributed by atoms with Gasteiger partial charge >= 0.3 is 0 Å². The second-order valence-electron chi connectivity index (χ2n) is 5.32. The lowest BCUT2D eigenvalue weighted by molar-refractivity contribution is 0.445. The highest BCUT2D eigenvalue weighted by Crippen LogP contribution is 2.34. The Kier molecular flexibility index (Phi) is 5.06. The molecule has 2 rings (SSSR count). The lowest BCUT2D eigenvalue weighted by atomic mass is 10.0. The number of aryl methyl sites for hydroxylation is 1. The molecule has 0 heterocycles. The summed E-state index contributed by atoms with van der Waals surface area (Å²) >= 11 is 0. The maximum absolute atomic E-state index is 3.47. The first-order valence-electron chi connectivity index (χ1n) is 7.11. The topological polar surface area (TPSA) is 12.0 Å². The molecule has 1 atom stereocenters. The van der Waals surface area contributed by atoms with E-state index < -0.39 is 0 Å². The van der Waals surface area contributed by atoms with Crippen molar-refractivity contribution in [3.63, 3.8) is 0 Å². The van der Waals surface area contributed by atoms with Crippen LogP contribution in [0.25, 0.3) is 0 Å². The number of hydrogen-bond acceptors (Lipinski definition) is 1. The Hall–Kier alpha value is -0.820. The summed E-state index contributed by atoms with van der Waals surface area (Å²) in [6.45, 7) is 0. The predicted octanol–water partition coefficient (Wildman–Crippen LogP) is 3.79. The van der Waals surface area contributed by atoms with E-state index in [1.54, 1.807) is 0 Å². The van der Waals surface area contributed by atoms with E-state index in [4.69, 9.17) is 0 Å². The summed E-state index contributed by atoms with van der Waals surface area (Å²) in [6.07, 6.45) is 9.62. The zero-order valence-corrected chi connectivity index (χ0v) is 11.0. The molecule has 1 aromatic carbocycles. The van der Waals surface area contributed by atoms with Crippen molar-refractivity contribution < 1.29 is 0 Å². The molecule has 0 aromatic heterocycles. The summed E-state index contributed by atoms with van der Waals surface area (Å²) < 4.78 is 0. The first-order valence-corrected chi connectivity index (χ1v) is 7.11. The Morgan fingerprint density at radius 1 is 1.12 bits per heavy atom. The molecule has 1 saturated carbocycles. The molecule has 0 saturated heterocycles. The van der Waals surface area contributed by atoms with E-state index in [2.05, 4.69) is 42.7 Å². The molecule has 0 spiro atoms. The average Bonchev–Trinajstić information content (AvgIpc) is 3.19. The molecule has 0 radical (unpaired) electrons. The van der Waals surface area contributed by atoms with Gasteiger partial charge in [-0.25, -0.2) is 0 Å². The van der Waals surface area contributed by atoms with Crippen molar-refractivity contribution in [1.29, 1.82) is 0 Å². The highest BCUT2D eigenvalue weighted by atomic mass is 14.9. The summed E-state index contributed by atoms with van der Waals surface area (Å²) in [4.78, 5) is 0. The zero-order valence-electron chi connectivity index (χ0n) is 11.0. The molecule has 0 amide bonds. The Labute approximate surface area is 106 Å². The van der Waals surface area contributed by atoms with Gasteiger partial charge in [-0.05, 0) is 50.6 Å². The monoisotopic (exact) mass is 231 g/mol. The highest BCUT2D eigenvalue weighted by molar-refractivity contribution is 5.14. The number of nitrogens with one attached hydrogen (secondary N) is 1. The Morgan fingerprint density at radius 3 is 2.53 bits per heavy atom. The molecule has 17 heavy (non-hydrogen) atoms. The smallest absolute Gasteiger partial charge is 0.00923 e. The minimum Gasteiger partial charge on any atom is -0.317 e. The number of benzene rings is 1. The van der Waals surface area contributed by atoms with Crippen LogP contribution in [-0.4, -0.2) is 13.1 Å². The van der Waals surface area contributed by atoms with Crippen molar-refractivity contribution in [3.8, 4) is 0 Å². The summed E-state index contributed by atoms with van der Waals surface area (Å²) in [5.74, 6) is 0.995. The van der Waals surface area contributed by atoms with Gasteiger partial charge in [-0.3, -0.25) is 0 Å². The molecule has 1 aliphatic rings. The quantitative estimate of drug-likeness (QED) is 0.671. The fourth-order valence-electron chi connectivity index (χ4n) is 2.63. The van der Waals surface area contributed by atoms with Crippen molar-refractivity contribution in [2.24, 2.45) is 5.92 Å².